The second-order valence-electron chi connectivity index (χ2n) is 4.32. The fourth-order valence-corrected chi connectivity index (χ4v) is 3.30. The van der Waals surface area contributed by atoms with Gasteiger partial charge in [0, 0.05) is 19.6 Å². The van der Waals surface area contributed by atoms with Crippen molar-refractivity contribution in [1.29, 1.82) is 5.26 Å². The summed E-state index contributed by atoms with van der Waals surface area (Å²) >= 11 is 5.16. The number of hydrogen-bond donors (Lipinski definition) is 0. The average molecular weight is 340 g/mol. The molecule has 3 rings (SSSR count). The third-order valence-electron chi connectivity index (χ3n) is 3.05. The Kier molecular flexibility index (Phi) is 3.77. The van der Waals surface area contributed by atoms with Crippen LogP contribution in [0.3, 0.4) is 0 Å². The molecule has 0 atom stereocenters. The molecule has 0 fully saturated rings. The van der Waals surface area contributed by atoms with Crippen LogP contribution < -0.4 is 0 Å². The maximum absolute atomic E-state index is 9.18. The van der Waals surface area contributed by atoms with Crippen LogP contribution in [-0.2, 0) is 0 Å². The molecule has 0 spiro atoms. The molecule has 0 aliphatic rings. The van der Waals surface area contributed by atoms with Crippen LogP contribution in [-0.4, -0.2) is 0 Å². The van der Waals surface area contributed by atoms with Gasteiger partial charge in [-0.2, -0.15) is 5.26 Å². The maximum atomic E-state index is 9.18. The molecule has 0 heterocycles. The van der Waals surface area contributed by atoms with Gasteiger partial charge in [-0.3, -0.25) is 0 Å². The molecule has 0 aliphatic heterocycles. The van der Waals surface area contributed by atoms with Crippen LogP contribution in [0.5, 0.6) is 0 Å². The molecule has 1 nitrogen and oxygen atoms in total. The molecule has 0 unspecified atom stereocenters. The van der Waals surface area contributed by atoms with Gasteiger partial charge in [-0.05, 0) is 41.8 Å². The Labute approximate surface area is 130 Å². The van der Waals surface area contributed by atoms with E-state index in [0.29, 0.717) is 0 Å². The standard InChI is InChI=1S/C17H10BrNS/c18-13-6-8-14(9-7-13)20-17-10-5-12(11-19)15-3-1-2-4-16(15)17/h1-10H. The Morgan fingerprint density at radius 1 is 0.850 bits per heavy atom. The summed E-state index contributed by atoms with van der Waals surface area (Å²) in [4.78, 5) is 2.35. The monoisotopic (exact) mass is 339 g/mol. The van der Waals surface area contributed by atoms with E-state index in [0.717, 1.165) is 20.8 Å². The van der Waals surface area contributed by atoms with Crippen LogP contribution in [0.2, 0.25) is 0 Å². The van der Waals surface area contributed by atoms with Gasteiger partial charge in [0.2, 0.25) is 0 Å². The fraction of sp³-hybridized carbons (Fsp3) is 0. The van der Waals surface area contributed by atoms with E-state index in [1.54, 1.807) is 11.8 Å². The lowest BCUT2D eigenvalue weighted by atomic mass is 10.1. The second kappa shape index (κ2) is 5.70. The molecule has 0 saturated heterocycles. The number of nitriles is 1. The van der Waals surface area contributed by atoms with Crippen molar-refractivity contribution in [2.24, 2.45) is 0 Å². The van der Waals surface area contributed by atoms with Gasteiger partial charge in [-0.1, -0.05) is 52.0 Å². The van der Waals surface area contributed by atoms with Crippen LogP contribution in [0, 0.1) is 11.3 Å². The first-order valence-electron chi connectivity index (χ1n) is 6.13. The highest BCUT2D eigenvalue weighted by atomic mass is 79.9. The second-order valence-corrected chi connectivity index (χ2v) is 6.36. The molecule has 0 N–H and O–H groups in total. The molecule has 0 saturated carbocycles. The molecular weight excluding hydrogens is 330 g/mol. The highest BCUT2D eigenvalue weighted by Gasteiger charge is 2.06. The summed E-state index contributed by atoms with van der Waals surface area (Å²) in [7, 11) is 0. The molecule has 20 heavy (non-hydrogen) atoms. The highest BCUT2D eigenvalue weighted by molar-refractivity contribution is 9.10. The van der Waals surface area contributed by atoms with E-state index < -0.39 is 0 Å². The summed E-state index contributed by atoms with van der Waals surface area (Å²) in [6.45, 7) is 0. The lowest BCUT2D eigenvalue weighted by molar-refractivity contribution is 1.41. The number of fused-ring (bicyclic) bond motifs is 1. The Hall–Kier alpha value is -1.76. The third kappa shape index (κ3) is 2.58. The predicted octanol–water partition coefficient (Wildman–Crippen LogP) is 5.63. The Morgan fingerprint density at radius 3 is 2.25 bits per heavy atom. The van der Waals surface area contributed by atoms with Crippen molar-refractivity contribution in [1.82, 2.24) is 0 Å². The molecule has 3 aromatic carbocycles. The summed E-state index contributed by atoms with van der Waals surface area (Å²) in [5, 5.41) is 11.3. The van der Waals surface area contributed by atoms with Crippen molar-refractivity contribution in [3.8, 4) is 6.07 Å². The van der Waals surface area contributed by atoms with Crippen LogP contribution in [0.25, 0.3) is 10.8 Å². The molecule has 0 amide bonds. The topological polar surface area (TPSA) is 23.8 Å². The predicted molar refractivity (Wildman–Crippen MR) is 86.9 cm³/mol. The minimum absolute atomic E-state index is 0.723. The highest BCUT2D eigenvalue weighted by Crippen LogP contribution is 2.35. The van der Waals surface area contributed by atoms with Crippen LogP contribution >= 0.6 is 27.7 Å². The normalized spacial score (nSPS) is 10.4. The first-order valence-corrected chi connectivity index (χ1v) is 7.74. The van der Waals surface area contributed by atoms with Crippen molar-refractivity contribution in [2.45, 2.75) is 9.79 Å². The summed E-state index contributed by atoms with van der Waals surface area (Å²) in [5.74, 6) is 0. The Morgan fingerprint density at radius 2 is 1.55 bits per heavy atom. The summed E-state index contributed by atoms with van der Waals surface area (Å²) < 4.78 is 1.08. The minimum atomic E-state index is 0.723. The molecule has 3 aromatic rings. The van der Waals surface area contributed by atoms with Gasteiger partial charge in [-0.25, -0.2) is 0 Å². The van der Waals surface area contributed by atoms with Crippen molar-refractivity contribution < 1.29 is 0 Å². The fourth-order valence-electron chi connectivity index (χ4n) is 2.09. The van der Waals surface area contributed by atoms with Crippen molar-refractivity contribution >= 4 is 38.5 Å². The summed E-state index contributed by atoms with van der Waals surface area (Å²) in [6.07, 6.45) is 0. The van der Waals surface area contributed by atoms with Crippen LogP contribution in [0.4, 0.5) is 0 Å². The maximum Gasteiger partial charge on any atom is 0.0998 e. The van der Waals surface area contributed by atoms with E-state index >= 15 is 0 Å². The van der Waals surface area contributed by atoms with Gasteiger partial charge in [0.25, 0.3) is 0 Å². The number of rotatable bonds is 2. The molecule has 96 valence electrons. The van der Waals surface area contributed by atoms with Gasteiger partial charge in [0.15, 0.2) is 0 Å². The average Bonchev–Trinajstić information content (AvgIpc) is 2.50. The molecule has 0 aliphatic carbocycles. The lowest BCUT2D eigenvalue weighted by Crippen LogP contribution is -1.83. The smallest absolute Gasteiger partial charge is 0.0998 e. The molecule has 0 aromatic heterocycles. The largest absolute Gasteiger partial charge is 0.192 e. The van der Waals surface area contributed by atoms with E-state index in [9.17, 15) is 5.26 Å². The van der Waals surface area contributed by atoms with Gasteiger partial charge in [0.05, 0.1) is 11.6 Å². The molecular formula is C17H10BrNS. The number of hydrogen-bond acceptors (Lipinski definition) is 2. The van der Waals surface area contributed by atoms with Gasteiger partial charge in [-0.15, -0.1) is 0 Å². The van der Waals surface area contributed by atoms with Crippen molar-refractivity contribution in [2.75, 3.05) is 0 Å². The molecule has 3 heteroatoms. The van der Waals surface area contributed by atoms with Crippen LogP contribution in [0.15, 0.2) is 74.9 Å². The van der Waals surface area contributed by atoms with Crippen molar-refractivity contribution in [3.63, 3.8) is 0 Å². The van der Waals surface area contributed by atoms with Gasteiger partial charge in [0.1, 0.15) is 0 Å². The SMILES string of the molecule is N#Cc1ccc(Sc2ccc(Br)cc2)c2ccccc12. The Bertz CT molecular complexity index is 803. The summed E-state index contributed by atoms with van der Waals surface area (Å²) in [6, 6.07) is 22.5. The molecule has 0 radical (unpaired) electrons. The van der Waals surface area contributed by atoms with Gasteiger partial charge >= 0.3 is 0 Å². The Balaban J connectivity index is 2.09. The van der Waals surface area contributed by atoms with E-state index in [-0.39, 0.29) is 0 Å². The van der Waals surface area contributed by atoms with E-state index in [1.165, 1.54) is 9.79 Å². The number of halogens is 1. The summed E-state index contributed by atoms with van der Waals surface area (Å²) in [5.41, 5.74) is 0.723. The zero-order chi connectivity index (χ0) is 13.9. The van der Waals surface area contributed by atoms with Crippen molar-refractivity contribution in [3.05, 3.63) is 70.7 Å². The van der Waals surface area contributed by atoms with E-state index in [4.69, 9.17) is 0 Å². The zero-order valence-electron chi connectivity index (χ0n) is 10.5. The lowest BCUT2D eigenvalue weighted by Gasteiger charge is -2.07. The number of benzene rings is 3. The van der Waals surface area contributed by atoms with E-state index in [2.05, 4.69) is 40.2 Å². The number of nitrogens with zero attached hydrogens (tertiary/aromatic N) is 1. The first kappa shape index (κ1) is 13.2. The third-order valence-corrected chi connectivity index (χ3v) is 4.66. The van der Waals surface area contributed by atoms with Crippen LogP contribution in [0.1, 0.15) is 5.56 Å². The molecule has 0 bridgehead atoms. The van der Waals surface area contributed by atoms with E-state index in [1.807, 2.05) is 42.5 Å². The first-order chi connectivity index (χ1) is 9.78. The minimum Gasteiger partial charge on any atom is -0.192 e. The zero-order valence-corrected chi connectivity index (χ0v) is 12.9. The quantitative estimate of drug-likeness (QED) is 0.604. The van der Waals surface area contributed by atoms with Gasteiger partial charge < -0.3 is 0 Å².